The normalized spacial score (nSPS) is 13.8. The van der Waals surface area contributed by atoms with Gasteiger partial charge in [-0.15, -0.1) is 0 Å². The molecule has 0 aromatic heterocycles. The van der Waals surface area contributed by atoms with Gasteiger partial charge in [0.2, 0.25) is 0 Å². The number of benzene rings is 2. The van der Waals surface area contributed by atoms with Crippen molar-refractivity contribution in [2.24, 2.45) is 0 Å². The van der Waals surface area contributed by atoms with Crippen LogP contribution in [0.3, 0.4) is 0 Å². The van der Waals surface area contributed by atoms with E-state index in [0.717, 1.165) is 0 Å². The smallest absolute Gasteiger partial charge is 0.278 e. The maximum atomic E-state index is 13.5. The monoisotopic (exact) mass is 442 g/mol. The molecular formula is C24H27FN2O5. The van der Waals surface area contributed by atoms with Gasteiger partial charge >= 0.3 is 0 Å². The highest BCUT2D eigenvalue weighted by Crippen LogP contribution is 2.33. The van der Waals surface area contributed by atoms with Crippen LogP contribution in [0.2, 0.25) is 0 Å². The molecule has 0 atom stereocenters. The van der Waals surface area contributed by atoms with Gasteiger partial charge in [0.1, 0.15) is 17.3 Å². The molecular weight excluding hydrogens is 415 g/mol. The van der Waals surface area contributed by atoms with Crippen molar-refractivity contribution in [2.45, 2.75) is 6.54 Å². The zero-order valence-electron chi connectivity index (χ0n) is 18.5. The number of hydrogen-bond acceptors (Lipinski definition) is 6. The van der Waals surface area contributed by atoms with Gasteiger partial charge in [0, 0.05) is 27.3 Å². The van der Waals surface area contributed by atoms with Gasteiger partial charge in [-0.25, -0.2) is 4.39 Å². The molecule has 0 bridgehead atoms. The second kappa shape index (κ2) is 10.9. The minimum atomic E-state index is -0.405. The Labute approximate surface area is 187 Å². The lowest BCUT2D eigenvalue weighted by Crippen LogP contribution is -2.37. The molecule has 0 aliphatic carbocycles. The van der Waals surface area contributed by atoms with Gasteiger partial charge in [-0.1, -0.05) is 24.3 Å². The average Bonchev–Trinajstić information content (AvgIpc) is 3.05. The molecule has 1 aliphatic rings. The second-order valence-electron chi connectivity index (χ2n) is 7.25. The minimum Gasteiger partial charge on any atom is -0.497 e. The van der Waals surface area contributed by atoms with Crippen LogP contribution in [0, 0.1) is 5.82 Å². The lowest BCUT2D eigenvalue weighted by atomic mass is 10.0. The van der Waals surface area contributed by atoms with E-state index in [2.05, 4.69) is 0 Å². The Kier molecular flexibility index (Phi) is 7.97. The van der Waals surface area contributed by atoms with Crippen LogP contribution < -0.4 is 4.74 Å². The van der Waals surface area contributed by atoms with E-state index >= 15 is 0 Å². The van der Waals surface area contributed by atoms with Crippen LogP contribution >= 0.6 is 0 Å². The summed E-state index contributed by atoms with van der Waals surface area (Å²) in [6.07, 6.45) is 0. The van der Waals surface area contributed by atoms with E-state index in [4.69, 9.17) is 14.2 Å². The molecule has 7 nitrogen and oxygen atoms in total. The number of amides is 2. The highest BCUT2D eigenvalue weighted by Gasteiger charge is 2.41. The third-order valence-electron chi connectivity index (χ3n) is 5.22. The Balaban J connectivity index is 2.02. The van der Waals surface area contributed by atoms with E-state index in [-0.39, 0.29) is 12.4 Å². The fourth-order valence-electron chi connectivity index (χ4n) is 3.53. The van der Waals surface area contributed by atoms with Crippen LogP contribution in [0.4, 0.5) is 4.39 Å². The van der Waals surface area contributed by atoms with Crippen molar-refractivity contribution in [3.63, 3.8) is 0 Å². The Bertz CT molecular complexity index is 965. The number of ether oxygens (including phenoxy) is 3. The van der Waals surface area contributed by atoms with Crippen LogP contribution in [-0.4, -0.2) is 69.2 Å². The van der Waals surface area contributed by atoms with Crippen LogP contribution in [0.5, 0.6) is 5.75 Å². The molecule has 0 saturated heterocycles. The van der Waals surface area contributed by atoms with Crippen molar-refractivity contribution in [3.8, 4) is 5.75 Å². The summed E-state index contributed by atoms with van der Waals surface area (Å²) < 4.78 is 28.9. The van der Waals surface area contributed by atoms with E-state index in [0.29, 0.717) is 54.4 Å². The van der Waals surface area contributed by atoms with E-state index in [1.165, 1.54) is 17.0 Å². The van der Waals surface area contributed by atoms with Crippen LogP contribution in [-0.2, 0) is 25.6 Å². The number of imide groups is 1. The van der Waals surface area contributed by atoms with Gasteiger partial charge in [-0.3, -0.25) is 14.5 Å². The topological polar surface area (TPSA) is 68.3 Å². The fraction of sp³-hybridized carbons (Fsp3) is 0.333. The Morgan fingerprint density at radius 3 is 1.97 bits per heavy atom. The maximum Gasteiger partial charge on any atom is 0.278 e. The molecule has 2 amide bonds. The molecule has 0 fully saturated rings. The standard InChI is InChI=1S/C24H27FN2O5/c1-30-14-12-26(13-15-31-2)22-21(18-6-10-20(32-3)11-7-18)23(28)27(24(22)29)16-17-4-8-19(25)9-5-17/h4-11H,12-16H2,1-3H3. The molecule has 0 radical (unpaired) electrons. The molecule has 0 saturated carbocycles. The van der Waals surface area contributed by atoms with Crippen molar-refractivity contribution in [3.05, 3.63) is 71.2 Å². The maximum absolute atomic E-state index is 13.5. The van der Waals surface area contributed by atoms with E-state index in [1.54, 1.807) is 57.7 Å². The molecule has 2 aromatic rings. The minimum absolute atomic E-state index is 0.0451. The first-order valence-electron chi connectivity index (χ1n) is 10.2. The van der Waals surface area contributed by atoms with Gasteiger partial charge in [0.25, 0.3) is 11.8 Å². The number of nitrogens with zero attached hydrogens (tertiary/aromatic N) is 2. The van der Waals surface area contributed by atoms with Crippen LogP contribution in [0.25, 0.3) is 5.57 Å². The van der Waals surface area contributed by atoms with Gasteiger partial charge < -0.3 is 19.1 Å². The van der Waals surface area contributed by atoms with E-state index in [1.807, 2.05) is 4.90 Å². The summed E-state index contributed by atoms with van der Waals surface area (Å²) in [5.41, 5.74) is 1.88. The average molecular weight is 442 g/mol. The Morgan fingerprint density at radius 1 is 0.844 bits per heavy atom. The predicted octanol–water partition coefficient (Wildman–Crippen LogP) is 2.71. The summed E-state index contributed by atoms with van der Waals surface area (Å²) in [6, 6.07) is 12.7. The predicted molar refractivity (Wildman–Crippen MR) is 117 cm³/mol. The van der Waals surface area contributed by atoms with Crippen molar-refractivity contribution < 1.29 is 28.2 Å². The molecule has 32 heavy (non-hydrogen) atoms. The first kappa shape index (κ1) is 23.4. The third kappa shape index (κ3) is 5.15. The van der Waals surface area contributed by atoms with E-state index in [9.17, 15) is 14.0 Å². The summed E-state index contributed by atoms with van der Waals surface area (Å²) in [5, 5.41) is 0. The number of methoxy groups -OCH3 is 3. The second-order valence-corrected chi connectivity index (χ2v) is 7.25. The van der Waals surface area contributed by atoms with Crippen molar-refractivity contribution in [2.75, 3.05) is 47.6 Å². The number of hydrogen-bond donors (Lipinski definition) is 0. The number of carbonyl (C=O) groups excluding carboxylic acids is 2. The number of rotatable bonds is 11. The number of carbonyl (C=O) groups is 2. The highest BCUT2D eigenvalue weighted by molar-refractivity contribution is 6.35. The quantitative estimate of drug-likeness (QED) is 0.499. The third-order valence-corrected chi connectivity index (χ3v) is 5.22. The van der Waals surface area contributed by atoms with Gasteiger partial charge in [0.15, 0.2) is 0 Å². The molecule has 0 unspecified atom stereocenters. The van der Waals surface area contributed by atoms with Gasteiger partial charge in [0.05, 0.1) is 32.4 Å². The van der Waals surface area contributed by atoms with Crippen LogP contribution in [0.1, 0.15) is 11.1 Å². The van der Waals surface area contributed by atoms with Crippen molar-refractivity contribution >= 4 is 17.4 Å². The summed E-state index contributed by atoms with van der Waals surface area (Å²) in [6.45, 7) is 1.63. The largest absolute Gasteiger partial charge is 0.497 e. The first-order chi connectivity index (χ1) is 15.5. The first-order valence-corrected chi connectivity index (χ1v) is 10.2. The summed E-state index contributed by atoms with van der Waals surface area (Å²) >= 11 is 0. The number of halogens is 1. The lowest BCUT2D eigenvalue weighted by molar-refractivity contribution is -0.138. The summed E-state index contributed by atoms with van der Waals surface area (Å²) in [4.78, 5) is 30.0. The molecule has 1 aliphatic heterocycles. The summed E-state index contributed by atoms with van der Waals surface area (Å²) in [5.74, 6) is -0.543. The molecule has 8 heteroatoms. The SMILES string of the molecule is COCCN(CCOC)C1=C(c2ccc(OC)cc2)C(=O)N(Cc2ccc(F)cc2)C1=O. The lowest BCUT2D eigenvalue weighted by Gasteiger charge is -2.25. The molecule has 1 heterocycles. The van der Waals surface area contributed by atoms with Crippen LogP contribution in [0.15, 0.2) is 54.2 Å². The highest BCUT2D eigenvalue weighted by atomic mass is 19.1. The molecule has 3 rings (SSSR count). The molecule has 170 valence electrons. The summed E-state index contributed by atoms with van der Waals surface area (Å²) in [7, 11) is 4.72. The zero-order chi connectivity index (χ0) is 23.1. The van der Waals surface area contributed by atoms with Crippen molar-refractivity contribution in [1.82, 2.24) is 9.80 Å². The molecule has 2 aromatic carbocycles. The van der Waals surface area contributed by atoms with Crippen molar-refractivity contribution in [1.29, 1.82) is 0 Å². The zero-order valence-corrected chi connectivity index (χ0v) is 18.5. The molecule has 0 N–H and O–H groups in total. The van der Waals surface area contributed by atoms with E-state index < -0.39 is 11.8 Å². The van der Waals surface area contributed by atoms with Gasteiger partial charge in [-0.05, 0) is 35.4 Å². The Morgan fingerprint density at radius 2 is 1.44 bits per heavy atom. The molecule has 0 spiro atoms. The Hall–Kier alpha value is -3.23. The fourth-order valence-corrected chi connectivity index (χ4v) is 3.53. The van der Waals surface area contributed by atoms with Gasteiger partial charge in [-0.2, -0.15) is 0 Å².